The van der Waals surface area contributed by atoms with E-state index in [1.54, 1.807) is 27.9 Å². The zero-order chi connectivity index (χ0) is 20.8. The van der Waals surface area contributed by atoms with E-state index in [-0.39, 0.29) is 17.4 Å². The number of hydrogen-bond acceptors (Lipinski definition) is 5. The summed E-state index contributed by atoms with van der Waals surface area (Å²) in [4.78, 5) is 12.1. The van der Waals surface area contributed by atoms with Crippen LogP contribution in [-0.2, 0) is 21.4 Å². The summed E-state index contributed by atoms with van der Waals surface area (Å²) in [6.07, 6.45) is 0. The highest BCUT2D eigenvalue weighted by molar-refractivity contribution is 7.89. The van der Waals surface area contributed by atoms with Crippen molar-refractivity contribution in [2.24, 2.45) is 0 Å². The number of amides is 1. The van der Waals surface area contributed by atoms with Crippen molar-refractivity contribution >= 4 is 15.9 Å². The van der Waals surface area contributed by atoms with Gasteiger partial charge in [-0.2, -0.15) is 0 Å². The van der Waals surface area contributed by atoms with Gasteiger partial charge in [-0.25, -0.2) is 13.1 Å². The molecule has 2 N–H and O–H groups in total. The molecule has 2 aromatic rings. The summed E-state index contributed by atoms with van der Waals surface area (Å²) in [5.41, 5.74) is 0.285. The van der Waals surface area contributed by atoms with Crippen molar-refractivity contribution in [1.82, 2.24) is 10.0 Å². The molecule has 28 heavy (non-hydrogen) atoms. The van der Waals surface area contributed by atoms with E-state index in [1.165, 1.54) is 24.3 Å². The molecule has 0 saturated heterocycles. The monoisotopic (exact) mass is 406 g/mol. The van der Waals surface area contributed by atoms with Crippen LogP contribution in [0.3, 0.4) is 0 Å². The number of methoxy groups -OCH3 is 1. The van der Waals surface area contributed by atoms with Gasteiger partial charge in [0.15, 0.2) is 6.61 Å². The average Bonchev–Trinajstić information content (AvgIpc) is 2.63. The molecule has 1 amide bonds. The SMILES string of the molecule is COc1ccccc1CNC(=O)COc1ccc(S(=O)(=O)NC(C)(C)C)cc1. The molecule has 0 saturated carbocycles. The van der Waals surface area contributed by atoms with E-state index in [0.717, 1.165) is 5.56 Å². The lowest BCUT2D eigenvalue weighted by Gasteiger charge is -2.20. The van der Waals surface area contributed by atoms with Crippen LogP contribution in [0.1, 0.15) is 26.3 Å². The van der Waals surface area contributed by atoms with Crippen molar-refractivity contribution in [2.75, 3.05) is 13.7 Å². The van der Waals surface area contributed by atoms with Crippen LogP contribution in [-0.4, -0.2) is 33.6 Å². The molecule has 0 radical (unpaired) electrons. The van der Waals surface area contributed by atoms with Crippen LogP contribution in [0.15, 0.2) is 53.4 Å². The normalized spacial score (nSPS) is 11.7. The summed E-state index contributed by atoms with van der Waals surface area (Å²) in [5, 5.41) is 2.76. The molecule has 0 aliphatic carbocycles. The first-order valence-corrected chi connectivity index (χ1v) is 10.2. The first-order valence-electron chi connectivity index (χ1n) is 8.76. The summed E-state index contributed by atoms with van der Waals surface area (Å²) in [7, 11) is -2.03. The van der Waals surface area contributed by atoms with Crippen molar-refractivity contribution in [1.29, 1.82) is 0 Å². The molecule has 0 heterocycles. The summed E-state index contributed by atoms with van der Waals surface area (Å²) in [5.74, 6) is 0.809. The molecule has 0 aromatic heterocycles. The Morgan fingerprint density at radius 2 is 1.68 bits per heavy atom. The van der Waals surface area contributed by atoms with E-state index >= 15 is 0 Å². The number of hydrogen-bond donors (Lipinski definition) is 2. The molecule has 0 fully saturated rings. The molecule has 152 valence electrons. The summed E-state index contributed by atoms with van der Waals surface area (Å²) in [6, 6.07) is 13.3. The molecule has 8 heteroatoms. The predicted octanol–water partition coefficient (Wildman–Crippen LogP) is 2.47. The van der Waals surface area contributed by atoms with Gasteiger partial charge in [-0.15, -0.1) is 0 Å². The fraction of sp³-hybridized carbons (Fsp3) is 0.350. The summed E-state index contributed by atoms with van der Waals surface area (Å²) < 4.78 is 37.8. The quantitative estimate of drug-likeness (QED) is 0.702. The molecule has 0 aliphatic heterocycles. The Morgan fingerprint density at radius 3 is 2.29 bits per heavy atom. The minimum atomic E-state index is -3.61. The Morgan fingerprint density at radius 1 is 1.04 bits per heavy atom. The second kappa shape index (κ2) is 9.07. The molecular formula is C20H26N2O5S. The topological polar surface area (TPSA) is 93.7 Å². The molecule has 2 rings (SSSR count). The molecule has 7 nitrogen and oxygen atoms in total. The second-order valence-corrected chi connectivity index (χ2v) is 8.89. The van der Waals surface area contributed by atoms with Crippen molar-refractivity contribution in [3.8, 4) is 11.5 Å². The number of sulfonamides is 1. The van der Waals surface area contributed by atoms with Gasteiger partial charge in [-0.1, -0.05) is 18.2 Å². The molecule has 0 atom stereocenters. The Hall–Kier alpha value is -2.58. The summed E-state index contributed by atoms with van der Waals surface area (Å²) in [6.45, 7) is 5.45. The molecule has 0 unspecified atom stereocenters. The smallest absolute Gasteiger partial charge is 0.258 e. The lowest BCUT2D eigenvalue weighted by Crippen LogP contribution is -2.40. The lowest BCUT2D eigenvalue weighted by molar-refractivity contribution is -0.123. The number of para-hydroxylation sites is 1. The van der Waals surface area contributed by atoms with Crippen molar-refractivity contribution in [3.63, 3.8) is 0 Å². The number of benzene rings is 2. The van der Waals surface area contributed by atoms with Gasteiger partial charge >= 0.3 is 0 Å². The molecule has 0 bridgehead atoms. The number of rotatable bonds is 8. The van der Waals surface area contributed by atoms with E-state index in [1.807, 2.05) is 24.3 Å². The van der Waals surface area contributed by atoms with Crippen LogP contribution in [0.2, 0.25) is 0 Å². The first kappa shape index (κ1) is 21.7. The molecule has 0 aliphatic rings. The second-order valence-electron chi connectivity index (χ2n) is 7.20. The Labute approximate surface area is 166 Å². The van der Waals surface area contributed by atoms with Gasteiger partial charge in [0.05, 0.1) is 12.0 Å². The predicted molar refractivity (Wildman–Crippen MR) is 107 cm³/mol. The highest BCUT2D eigenvalue weighted by atomic mass is 32.2. The summed E-state index contributed by atoms with van der Waals surface area (Å²) >= 11 is 0. The Balaban J connectivity index is 1.88. The van der Waals surface area contributed by atoms with Crippen molar-refractivity contribution in [3.05, 3.63) is 54.1 Å². The van der Waals surface area contributed by atoms with Gasteiger partial charge in [0, 0.05) is 17.6 Å². The third-order valence-corrected chi connectivity index (χ3v) is 5.39. The zero-order valence-electron chi connectivity index (χ0n) is 16.5. The highest BCUT2D eigenvalue weighted by Gasteiger charge is 2.21. The van der Waals surface area contributed by atoms with Gasteiger partial charge in [-0.3, -0.25) is 4.79 Å². The minimum absolute atomic E-state index is 0.135. The fourth-order valence-electron chi connectivity index (χ4n) is 2.42. The van der Waals surface area contributed by atoms with Crippen LogP contribution >= 0.6 is 0 Å². The molecular weight excluding hydrogens is 380 g/mol. The highest BCUT2D eigenvalue weighted by Crippen LogP contribution is 2.18. The van der Waals surface area contributed by atoms with E-state index < -0.39 is 15.6 Å². The Kier molecular flexibility index (Phi) is 7.04. The number of carbonyl (C=O) groups excluding carboxylic acids is 1. The largest absolute Gasteiger partial charge is 0.496 e. The molecule has 0 spiro atoms. The van der Waals surface area contributed by atoms with Crippen LogP contribution < -0.4 is 19.5 Å². The fourth-order valence-corrected chi connectivity index (χ4v) is 3.84. The maximum absolute atomic E-state index is 12.3. The van der Waals surface area contributed by atoms with Crippen LogP contribution in [0, 0.1) is 0 Å². The number of ether oxygens (including phenoxy) is 2. The zero-order valence-corrected chi connectivity index (χ0v) is 17.3. The van der Waals surface area contributed by atoms with Crippen molar-refractivity contribution in [2.45, 2.75) is 37.8 Å². The third kappa shape index (κ3) is 6.54. The van der Waals surface area contributed by atoms with Crippen LogP contribution in [0.5, 0.6) is 11.5 Å². The number of nitrogens with one attached hydrogen (secondary N) is 2. The lowest BCUT2D eigenvalue weighted by atomic mass is 10.1. The third-order valence-electron chi connectivity index (χ3n) is 3.61. The maximum atomic E-state index is 12.3. The van der Waals surface area contributed by atoms with Gasteiger partial charge in [-0.05, 0) is 51.1 Å². The number of carbonyl (C=O) groups is 1. The van der Waals surface area contributed by atoms with E-state index in [9.17, 15) is 13.2 Å². The minimum Gasteiger partial charge on any atom is -0.496 e. The van der Waals surface area contributed by atoms with Gasteiger partial charge in [0.1, 0.15) is 11.5 Å². The van der Waals surface area contributed by atoms with E-state index in [4.69, 9.17) is 9.47 Å². The van der Waals surface area contributed by atoms with Crippen LogP contribution in [0.4, 0.5) is 0 Å². The van der Waals surface area contributed by atoms with Crippen molar-refractivity contribution < 1.29 is 22.7 Å². The maximum Gasteiger partial charge on any atom is 0.258 e. The standard InChI is InChI=1S/C20H26N2O5S/c1-20(2,3)22-28(24,25)17-11-9-16(10-12-17)27-14-19(23)21-13-15-7-5-6-8-18(15)26-4/h5-12,22H,13-14H2,1-4H3,(H,21,23). The average molecular weight is 407 g/mol. The van der Waals surface area contributed by atoms with Gasteiger partial charge in [0.25, 0.3) is 5.91 Å². The van der Waals surface area contributed by atoms with E-state index in [0.29, 0.717) is 18.0 Å². The van der Waals surface area contributed by atoms with Crippen LogP contribution in [0.25, 0.3) is 0 Å². The Bertz CT molecular complexity index is 903. The van der Waals surface area contributed by atoms with E-state index in [2.05, 4.69) is 10.0 Å². The molecule has 2 aromatic carbocycles. The van der Waals surface area contributed by atoms with Gasteiger partial charge in [0.2, 0.25) is 10.0 Å². The van der Waals surface area contributed by atoms with Gasteiger partial charge < -0.3 is 14.8 Å². The first-order chi connectivity index (χ1) is 13.1.